The van der Waals surface area contributed by atoms with E-state index in [0.717, 1.165) is 6.42 Å². The van der Waals surface area contributed by atoms with Gasteiger partial charge in [-0.25, -0.2) is 0 Å². The van der Waals surface area contributed by atoms with E-state index in [-0.39, 0.29) is 18.0 Å². The second-order valence-electron chi connectivity index (χ2n) is 6.76. The number of thiophene rings is 1. The molecule has 2 atom stereocenters. The summed E-state index contributed by atoms with van der Waals surface area (Å²) in [5, 5.41) is 7.19. The van der Waals surface area contributed by atoms with Gasteiger partial charge in [-0.05, 0) is 42.5 Å². The third-order valence-corrected chi connectivity index (χ3v) is 5.81. The van der Waals surface area contributed by atoms with Crippen LogP contribution in [-0.2, 0) is 11.2 Å². The molecule has 3 rings (SSSR count). The molecule has 28 heavy (non-hydrogen) atoms. The molecule has 1 heterocycles. The molecule has 1 amide bonds. The van der Waals surface area contributed by atoms with Crippen molar-refractivity contribution in [2.45, 2.75) is 32.4 Å². The highest BCUT2D eigenvalue weighted by Crippen LogP contribution is 2.25. The zero-order valence-corrected chi connectivity index (χ0v) is 17.3. The van der Waals surface area contributed by atoms with Crippen molar-refractivity contribution < 1.29 is 14.8 Å². The zero-order valence-electron chi connectivity index (χ0n) is 16.5. The van der Waals surface area contributed by atoms with Gasteiger partial charge in [-0.2, -0.15) is 0 Å². The molecule has 3 N–H and O–H groups in total. The molecule has 2 aromatic carbocycles. The van der Waals surface area contributed by atoms with Crippen molar-refractivity contribution in [3.8, 4) is 5.75 Å². The number of para-hydroxylation sites is 2. The fourth-order valence-electron chi connectivity index (χ4n) is 3.17. The van der Waals surface area contributed by atoms with Crippen LogP contribution in [0.4, 0.5) is 5.69 Å². The summed E-state index contributed by atoms with van der Waals surface area (Å²) in [6, 6.07) is 20.2. The number of carbonyl (C=O) groups excluding carboxylic acids is 1. The fraction of sp³-hybridized carbons (Fsp3) is 0.261. The molecule has 0 saturated heterocycles. The van der Waals surface area contributed by atoms with Gasteiger partial charge in [-0.1, -0.05) is 49.4 Å². The van der Waals surface area contributed by atoms with Gasteiger partial charge in [-0.15, -0.1) is 11.3 Å². The predicted octanol–water partition coefficient (Wildman–Crippen LogP) is 4.00. The van der Waals surface area contributed by atoms with Gasteiger partial charge < -0.3 is 15.4 Å². The lowest BCUT2D eigenvalue weighted by atomic mass is 10.0. The minimum Gasteiger partial charge on any atom is -0.495 e. The first-order valence-electron chi connectivity index (χ1n) is 9.53. The van der Waals surface area contributed by atoms with E-state index in [2.05, 4.69) is 59.3 Å². The summed E-state index contributed by atoms with van der Waals surface area (Å²) in [6.07, 6.45) is 1.02. The minimum absolute atomic E-state index is 0.0452. The molecular weight excluding hydrogens is 368 g/mol. The van der Waals surface area contributed by atoms with Gasteiger partial charge >= 0.3 is 0 Å². The standard InChI is InChI=1S/C23H26N2O2S/c1-4-17-11-13-18(14-12-17)22(21-10-7-15-28-21)24-16(2)23(26)25-19-8-5-6-9-20(19)27-3/h5-16,22,24H,4H2,1-3H3,(H,25,26)/p+1/t16-,22-/m1/s1. The summed E-state index contributed by atoms with van der Waals surface area (Å²) in [5.74, 6) is 0.615. The van der Waals surface area contributed by atoms with Crippen LogP contribution in [0.2, 0.25) is 0 Å². The Morgan fingerprint density at radius 1 is 1.11 bits per heavy atom. The number of carbonyl (C=O) groups is 1. The molecule has 5 heteroatoms. The number of aryl methyl sites for hydroxylation is 1. The topological polar surface area (TPSA) is 54.9 Å². The van der Waals surface area contributed by atoms with E-state index in [4.69, 9.17) is 4.74 Å². The smallest absolute Gasteiger partial charge is 0.282 e. The van der Waals surface area contributed by atoms with Crippen LogP contribution in [0.3, 0.4) is 0 Å². The Labute approximate surface area is 170 Å². The van der Waals surface area contributed by atoms with E-state index in [1.807, 2.05) is 31.2 Å². The van der Waals surface area contributed by atoms with Gasteiger partial charge in [0.2, 0.25) is 0 Å². The Hall–Kier alpha value is -2.63. The lowest BCUT2D eigenvalue weighted by Crippen LogP contribution is -2.92. The van der Waals surface area contributed by atoms with Crippen LogP contribution in [0.25, 0.3) is 0 Å². The first-order chi connectivity index (χ1) is 13.6. The SMILES string of the molecule is CCc1ccc([C@@H]([NH2+][C@H](C)C(=O)Nc2ccccc2OC)c2cccs2)cc1. The van der Waals surface area contributed by atoms with Crippen LogP contribution < -0.4 is 15.4 Å². The van der Waals surface area contributed by atoms with Crippen LogP contribution in [0, 0.1) is 0 Å². The van der Waals surface area contributed by atoms with Gasteiger partial charge in [0.25, 0.3) is 5.91 Å². The monoisotopic (exact) mass is 395 g/mol. The Morgan fingerprint density at radius 2 is 1.86 bits per heavy atom. The number of hydrogen-bond donors (Lipinski definition) is 2. The second kappa shape index (κ2) is 9.53. The Bertz CT molecular complexity index is 891. The number of quaternary nitrogens is 1. The quantitative estimate of drug-likeness (QED) is 0.606. The number of hydrogen-bond acceptors (Lipinski definition) is 3. The number of ether oxygens (including phenoxy) is 1. The summed E-state index contributed by atoms with van der Waals surface area (Å²) < 4.78 is 5.33. The highest BCUT2D eigenvalue weighted by molar-refractivity contribution is 7.10. The Balaban J connectivity index is 1.77. The van der Waals surface area contributed by atoms with E-state index in [1.165, 1.54) is 16.0 Å². The van der Waals surface area contributed by atoms with Crippen molar-refractivity contribution >= 4 is 22.9 Å². The average molecular weight is 396 g/mol. The van der Waals surface area contributed by atoms with Crippen molar-refractivity contribution in [1.29, 1.82) is 0 Å². The molecule has 4 nitrogen and oxygen atoms in total. The van der Waals surface area contributed by atoms with Gasteiger partial charge in [-0.3, -0.25) is 4.79 Å². The van der Waals surface area contributed by atoms with Crippen molar-refractivity contribution in [1.82, 2.24) is 0 Å². The fourth-order valence-corrected chi connectivity index (χ4v) is 4.00. The van der Waals surface area contributed by atoms with Crippen LogP contribution in [-0.4, -0.2) is 19.1 Å². The molecule has 0 unspecified atom stereocenters. The summed E-state index contributed by atoms with van der Waals surface area (Å²) in [5.41, 5.74) is 3.21. The van der Waals surface area contributed by atoms with E-state index in [0.29, 0.717) is 11.4 Å². The Morgan fingerprint density at radius 3 is 2.50 bits per heavy atom. The van der Waals surface area contributed by atoms with Crippen LogP contribution in [0.5, 0.6) is 5.75 Å². The van der Waals surface area contributed by atoms with Gasteiger partial charge in [0.05, 0.1) is 17.7 Å². The van der Waals surface area contributed by atoms with Gasteiger partial charge in [0.15, 0.2) is 6.04 Å². The van der Waals surface area contributed by atoms with Crippen LogP contribution >= 0.6 is 11.3 Å². The molecule has 3 aromatic rings. The molecule has 0 spiro atoms. The predicted molar refractivity (Wildman–Crippen MR) is 115 cm³/mol. The first-order valence-corrected chi connectivity index (χ1v) is 10.4. The third kappa shape index (κ3) is 4.80. The van der Waals surface area contributed by atoms with Gasteiger partial charge in [0, 0.05) is 5.56 Å². The summed E-state index contributed by atoms with van der Waals surface area (Å²) >= 11 is 1.72. The molecule has 0 saturated carbocycles. The lowest BCUT2D eigenvalue weighted by molar-refractivity contribution is -0.703. The summed E-state index contributed by atoms with van der Waals surface area (Å²) in [6.45, 7) is 4.09. The number of methoxy groups -OCH3 is 1. The van der Waals surface area contributed by atoms with Crippen molar-refractivity contribution in [2.75, 3.05) is 12.4 Å². The summed E-state index contributed by atoms with van der Waals surface area (Å²) in [4.78, 5) is 14.1. The zero-order chi connectivity index (χ0) is 19.9. The highest BCUT2D eigenvalue weighted by Gasteiger charge is 2.26. The molecule has 0 radical (unpaired) electrons. The number of anilines is 1. The highest BCUT2D eigenvalue weighted by atomic mass is 32.1. The van der Waals surface area contributed by atoms with E-state index in [1.54, 1.807) is 18.4 Å². The summed E-state index contributed by atoms with van der Waals surface area (Å²) in [7, 11) is 1.60. The molecule has 0 bridgehead atoms. The number of nitrogens with two attached hydrogens (primary N) is 1. The third-order valence-electron chi connectivity index (χ3n) is 4.86. The van der Waals surface area contributed by atoms with E-state index in [9.17, 15) is 4.79 Å². The van der Waals surface area contributed by atoms with E-state index < -0.39 is 0 Å². The lowest BCUT2D eigenvalue weighted by Gasteiger charge is -2.20. The van der Waals surface area contributed by atoms with Gasteiger partial charge in [0.1, 0.15) is 11.8 Å². The van der Waals surface area contributed by atoms with Crippen molar-refractivity contribution in [3.63, 3.8) is 0 Å². The molecule has 0 aliphatic heterocycles. The number of rotatable bonds is 8. The maximum atomic E-state index is 12.8. The minimum atomic E-state index is -0.261. The average Bonchev–Trinajstić information content (AvgIpc) is 3.27. The molecule has 1 aromatic heterocycles. The molecule has 0 fully saturated rings. The Kier molecular flexibility index (Phi) is 6.85. The van der Waals surface area contributed by atoms with Crippen LogP contribution in [0.1, 0.15) is 35.9 Å². The van der Waals surface area contributed by atoms with Crippen molar-refractivity contribution in [2.24, 2.45) is 0 Å². The number of amides is 1. The largest absolute Gasteiger partial charge is 0.495 e. The van der Waals surface area contributed by atoms with E-state index >= 15 is 0 Å². The number of benzene rings is 2. The number of nitrogens with one attached hydrogen (secondary N) is 1. The maximum Gasteiger partial charge on any atom is 0.282 e. The normalized spacial score (nSPS) is 13.0. The molecule has 146 valence electrons. The molecule has 0 aliphatic carbocycles. The van der Waals surface area contributed by atoms with Crippen molar-refractivity contribution in [3.05, 3.63) is 82.0 Å². The van der Waals surface area contributed by atoms with Crippen LogP contribution in [0.15, 0.2) is 66.0 Å². The molecule has 0 aliphatic rings. The first kappa shape index (κ1) is 20.1. The molecular formula is C23H27N2O2S+. The second-order valence-corrected chi connectivity index (χ2v) is 7.74. The maximum absolute atomic E-state index is 12.8.